The molecule has 1 N–H and O–H groups in total. The summed E-state index contributed by atoms with van der Waals surface area (Å²) >= 11 is 0. The second-order valence-electron chi connectivity index (χ2n) is 7.95. The lowest BCUT2D eigenvalue weighted by Crippen LogP contribution is -2.62. The highest BCUT2D eigenvalue weighted by Gasteiger charge is 2.48. The van der Waals surface area contributed by atoms with Crippen LogP contribution < -0.4 is 9.47 Å². The summed E-state index contributed by atoms with van der Waals surface area (Å²) in [6.07, 6.45) is 0.515. The van der Waals surface area contributed by atoms with E-state index in [1.54, 1.807) is 9.80 Å². The van der Waals surface area contributed by atoms with Gasteiger partial charge in [-0.05, 0) is 36.2 Å². The van der Waals surface area contributed by atoms with Crippen LogP contribution in [-0.2, 0) is 16.0 Å². The number of carbonyl (C=O) groups excluding carboxylic acids is 2. The Balaban J connectivity index is 1.57. The van der Waals surface area contributed by atoms with Crippen LogP contribution in [0.2, 0.25) is 0 Å². The minimum absolute atomic E-state index is 0.0128. The molecule has 7 heteroatoms. The Kier molecular flexibility index (Phi) is 3.63. The first-order valence-corrected chi connectivity index (χ1v) is 10.2. The Morgan fingerprint density at radius 1 is 1.10 bits per heavy atom. The molecule has 3 aliphatic heterocycles. The molecule has 2 atom stereocenters. The molecule has 2 aromatic carbocycles. The van der Waals surface area contributed by atoms with E-state index >= 15 is 0 Å². The van der Waals surface area contributed by atoms with Crippen LogP contribution in [0, 0.1) is 0 Å². The fourth-order valence-corrected chi connectivity index (χ4v) is 5.02. The maximum absolute atomic E-state index is 13.2. The highest BCUT2D eigenvalue weighted by Crippen LogP contribution is 2.44. The Labute approximate surface area is 173 Å². The third-order valence-electron chi connectivity index (χ3n) is 6.44. The number of carbonyl (C=O) groups is 2. The van der Waals surface area contributed by atoms with Gasteiger partial charge in [-0.2, -0.15) is 0 Å². The quantitative estimate of drug-likeness (QED) is 0.714. The summed E-state index contributed by atoms with van der Waals surface area (Å²) in [5.74, 6) is 1.34. The van der Waals surface area contributed by atoms with Gasteiger partial charge in [0.15, 0.2) is 11.5 Å². The molecule has 0 unspecified atom stereocenters. The molecule has 1 aromatic heterocycles. The molecule has 4 heterocycles. The first kappa shape index (κ1) is 17.4. The highest BCUT2D eigenvalue weighted by molar-refractivity contribution is 5.97. The number of nitrogens with zero attached hydrogens (tertiary/aromatic N) is 2. The lowest BCUT2D eigenvalue weighted by Gasteiger charge is -2.46. The van der Waals surface area contributed by atoms with Crippen molar-refractivity contribution >= 4 is 22.7 Å². The Morgan fingerprint density at radius 3 is 2.80 bits per heavy atom. The van der Waals surface area contributed by atoms with Gasteiger partial charge in [0, 0.05) is 29.6 Å². The van der Waals surface area contributed by atoms with E-state index in [0.29, 0.717) is 24.5 Å². The number of nitrogens with one attached hydrogen (secondary N) is 1. The molecule has 0 spiro atoms. The highest BCUT2D eigenvalue weighted by atomic mass is 16.7. The Morgan fingerprint density at radius 2 is 1.93 bits per heavy atom. The summed E-state index contributed by atoms with van der Waals surface area (Å²) in [6.45, 7) is 2.75. The molecule has 1 saturated heterocycles. The summed E-state index contributed by atoms with van der Waals surface area (Å²) in [4.78, 5) is 33.4. The minimum atomic E-state index is -0.506. The number of para-hydroxylation sites is 1. The molecule has 6 rings (SSSR count). The average Bonchev–Trinajstić information content (AvgIpc) is 3.38. The second kappa shape index (κ2) is 6.26. The van der Waals surface area contributed by atoms with Crippen LogP contribution in [0.3, 0.4) is 0 Å². The van der Waals surface area contributed by atoms with Crippen LogP contribution in [0.5, 0.6) is 11.5 Å². The van der Waals surface area contributed by atoms with Gasteiger partial charge in [0.05, 0.1) is 12.6 Å². The molecule has 0 radical (unpaired) electrons. The zero-order valence-corrected chi connectivity index (χ0v) is 16.6. The van der Waals surface area contributed by atoms with Gasteiger partial charge in [-0.1, -0.05) is 24.3 Å². The molecule has 2 amide bonds. The molecule has 3 aromatic rings. The molecule has 152 valence electrons. The van der Waals surface area contributed by atoms with Crippen molar-refractivity contribution < 1.29 is 19.1 Å². The predicted molar refractivity (Wildman–Crippen MR) is 109 cm³/mol. The molecule has 7 nitrogen and oxygen atoms in total. The van der Waals surface area contributed by atoms with E-state index in [2.05, 4.69) is 11.1 Å². The number of piperazine rings is 1. The van der Waals surface area contributed by atoms with E-state index in [1.807, 2.05) is 43.3 Å². The van der Waals surface area contributed by atoms with Gasteiger partial charge < -0.3 is 24.3 Å². The first-order valence-electron chi connectivity index (χ1n) is 10.2. The normalized spacial score (nSPS) is 22.4. The zero-order valence-electron chi connectivity index (χ0n) is 16.6. The van der Waals surface area contributed by atoms with Gasteiger partial charge in [0.2, 0.25) is 18.6 Å². The fraction of sp³-hybridized carbons (Fsp3) is 0.304. The van der Waals surface area contributed by atoms with E-state index in [4.69, 9.17) is 9.47 Å². The number of likely N-dealkylation sites (N-methyl/N-ethyl adjacent to an activating group) is 1. The molecule has 0 aliphatic carbocycles. The van der Waals surface area contributed by atoms with Crippen molar-refractivity contribution in [1.29, 1.82) is 0 Å². The van der Waals surface area contributed by atoms with Crippen molar-refractivity contribution in [2.24, 2.45) is 0 Å². The van der Waals surface area contributed by atoms with Crippen molar-refractivity contribution in [1.82, 2.24) is 14.8 Å². The van der Waals surface area contributed by atoms with Crippen LogP contribution in [0.4, 0.5) is 0 Å². The molecule has 1 fully saturated rings. The summed E-state index contributed by atoms with van der Waals surface area (Å²) < 4.78 is 11.0. The van der Waals surface area contributed by atoms with E-state index in [9.17, 15) is 9.59 Å². The molecular weight excluding hydrogens is 382 g/mol. The van der Waals surface area contributed by atoms with Crippen LogP contribution >= 0.6 is 0 Å². The smallest absolute Gasteiger partial charge is 0.246 e. The van der Waals surface area contributed by atoms with Crippen LogP contribution in [0.1, 0.15) is 29.8 Å². The van der Waals surface area contributed by atoms with Crippen molar-refractivity contribution in [3.63, 3.8) is 0 Å². The maximum atomic E-state index is 13.2. The number of aromatic amines is 1. The largest absolute Gasteiger partial charge is 0.454 e. The molecule has 0 saturated carbocycles. The predicted octanol–water partition coefficient (Wildman–Crippen LogP) is 2.60. The lowest BCUT2D eigenvalue weighted by atomic mass is 9.86. The zero-order chi connectivity index (χ0) is 20.4. The average molecular weight is 403 g/mol. The number of aromatic nitrogens is 1. The van der Waals surface area contributed by atoms with Crippen molar-refractivity contribution in [2.45, 2.75) is 25.4 Å². The number of amides is 2. The van der Waals surface area contributed by atoms with Crippen molar-refractivity contribution in [2.75, 3.05) is 19.9 Å². The lowest BCUT2D eigenvalue weighted by molar-refractivity contribution is -0.158. The molecular formula is C23H21N3O4. The van der Waals surface area contributed by atoms with E-state index in [-0.39, 0.29) is 31.2 Å². The van der Waals surface area contributed by atoms with Gasteiger partial charge in [-0.3, -0.25) is 9.59 Å². The third-order valence-corrected chi connectivity index (χ3v) is 6.44. The maximum Gasteiger partial charge on any atom is 0.246 e. The number of hydrogen-bond donors (Lipinski definition) is 1. The Hall–Kier alpha value is -3.48. The number of rotatable bonds is 2. The third kappa shape index (κ3) is 2.32. The van der Waals surface area contributed by atoms with E-state index in [1.165, 1.54) is 0 Å². The van der Waals surface area contributed by atoms with E-state index in [0.717, 1.165) is 27.7 Å². The monoisotopic (exact) mass is 403 g/mol. The van der Waals surface area contributed by atoms with Gasteiger partial charge in [-0.15, -0.1) is 0 Å². The van der Waals surface area contributed by atoms with Gasteiger partial charge in [0.1, 0.15) is 6.04 Å². The van der Waals surface area contributed by atoms with Gasteiger partial charge >= 0.3 is 0 Å². The van der Waals surface area contributed by atoms with Crippen molar-refractivity contribution in [3.8, 4) is 11.5 Å². The van der Waals surface area contributed by atoms with Gasteiger partial charge in [0.25, 0.3) is 0 Å². The first-order chi connectivity index (χ1) is 14.7. The topological polar surface area (TPSA) is 74.9 Å². The number of ether oxygens (including phenoxy) is 2. The van der Waals surface area contributed by atoms with Crippen LogP contribution in [-0.4, -0.2) is 52.5 Å². The summed E-state index contributed by atoms with van der Waals surface area (Å²) in [7, 11) is 0. The van der Waals surface area contributed by atoms with Crippen molar-refractivity contribution in [3.05, 3.63) is 59.3 Å². The molecule has 3 aliphatic rings. The van der Waals surface area contributed by atoms with Crippen LogP contribution in [0.15, 0.2) is 42.5 Å². The van der Waals surface area contributed by atoms with E-state index < -0.39 is 6.04 Å². The standard InChI is InChI=1S/C23H21N3O4/c1-2-25-11-20(27)26-17(23(25)28)10-15-14-5-3-4-6-16(14)24-21(15)22(26)13-7-8-18-19(9-13)30-12-29-18/h3-9,17,22,24H,2,10-12H2,1H3/t17-,22-/m1/s1. The number of H-pyrrole nitrogens is 1. The number of benzene rings is 2. The summed E-state index contributed by atoms with van der Waals surface area (Å²) in [5, 5.41) is 1.10. The second-order valence-corrected chi connectivity index (χ2v) is 7.95. The number of hydrogen-bond acceptors (Lipinski definition) is 4. The SMILES string of the molecule is CCN1CC(=O)N2[C@H](c3ccc4c(c3)OCO4)c3[nH]c4ccccc4c3C[C@@H]2C1=O. The summed E-state index contributed by atoms with van der Waals surface area (Å²) in [5.41, 5.74) is 3.99. The Bertz CT molecular complexity index is 1200. The minimum Gasteiger partial charge on any atom is -0.454 e. The van der Waals surface area contributed by atoms with Gasteiger partial charge in [-0.25, -0.2) is 0 Å². The molecule has 0 bridgehead atoms. The summed E-state index contributed by atoms with van der Waals surface area (Å²) in [6, 6.07) is 13.0. The van der Waals surface area contributed by atoms with Crippen LogP contribution in [0.25, 0.3) is 10.9 Å². The fourth-order valence-electron chi connectivity index (χ4n) is 5.02. The molecule has 30 heavy (non-hydrogen) atoms. The number of fused-ring (bicyclic) bond motifs is 5.